The fourth-order valence-electron chi connectivity index (χ4n) is 4.21. The van der Waals surface area contributed by atoms with Crippen molar-refractivity contribution >= 4 is 32.2 Å². The second-order valence-corrected chi connectivity index (χ2v) is 10.6. The largest absolute Gasteiger partial charge is 0.481 e. The van der Waals surface area contributed by atoms with E-state index in [-0.39, 0.29) is 22.8 Å². The zero-order chi connectivity index (χ0) is 26.0. The van der Waals surface area contributed by atoms with Crippen LogP contribution < -0.4 is 4.74 Å². The standard InChI is InChI=1S/C29H26NO5S/c1-6-29(5,22-11-13-23(14-12-22)30(32)33)35-27(31)17-34-28-19(2)15-24(16-20(28)3)36-18-21(4)25-9-7-8-10-26(25)36/h1,7-16,18H,17H2,2-5H3/q+1. The van der Waals surface area contributed by atoms with Crippen molar-refractivity contribution in [2.24, 2.45) is 0 Å². The summed E-state index contributed by atoms with van der Waals surface area (Å²) in [5.41, 5.74) is 2.13. The molecule has 0 N–H and O–H groups in total. The third-order valence-electron chi connectivity index (χ3n) is 6.09. The van der Waals surface area contributed by atoms with Gasteiger partial charge >= 0.3 is 5.97 Å². The summed E-state index contributed by atoms with van der Waals surface area (Å²) in [6.07, 6.45) is 5.65. The topological polar surface area (TPSA) is 78.7 Å². The highest BCUT2D eigenvalue weighted by molar-refractivity contribution is 7.43. The summed E-state index contributed by atoms with van der Waals surface area (Å²) in [5.74, 6) is 2.47. The number of non-ortho nitro benzene ring substituents is 1. The number of carbonyl (C=O) groups excluding carboxylic acids is 1. The predicted octanol–water partition coefficient (Wildman–Crippen LogP) is 6.88. The van der Waals surface area contributed by atoms with E-state index in [9.17, 15) is 14.9 Å². The highest BCUT2D eigenvalue weighted by Crippen LogP contribution is 2.44. The first-order valence-corrected chi connectivity index (χ1v) is 12.6. The van der Waals surface area contributed by atoms with Crippen LogP contribution in [0.2, 0.25) is 0 Å². The molecule has 2 atom stereocenters. The zero-order valence-corrected chi connectivity index (χ0v) is 21.3. The molecule has 0 amide bonds. The van der Waals surface area contributed by atoms with Gasteiger partial charge in [-0.15, -0.1) is 6.42 Å². The molecule has 2 unspecified atom stereocenters. The van der Waals surface area contributed by atoms with E-state index in [2.05, 4.69) is 54.6 Å². The lowest BCUT2D eigenvalue weighted by Gasteiger charge is -2.24. The first-order chi connectivity index (χ1) is 17.1. The Bertz CT molecular complexity index is 1490. The van der Waals surface area contributed by atoms with Crippen molar-refractivity contribution in [3.63, 3.8) is 0 Å². The smallest absolute Gasteiger partial charge is 0.345 e. The van der Waals surface area contributed by atoms with Crippen molar-refractivity contribution < 1.29 is 19.2 Å². The minimum absolute atomic E-state index is 0.0745. The van der Waals surface area contributed by atoms with Gasteiger partial charge in [-0.3, -0.25) is 10.1 Å². The van der Waals surface area contributed by atoms with E-state index in [1.165, 1.54) is 44.8 Å². The predicted molar refractivity (Wildman–Crippen MR) is 143 cm³/mol. The Morgan fingerprint density at radius 2 is 1.69 bits per heavy atom. The summed E-state index contributed by atoms with van der Waals surface area (Å²) in [6.45, 7) is 7.30. The Labute approximate surface area is 212 Å². The van der Waals surface area contributed by atoms with E-state index in [1.807, 2.05) is 13.8 Å². The number of hydrogen-bond donors (Lipinski definition) is 0. The minimum Gasteiger partial charge on any atom is -0.481 e. The van der Waals surface area contributed by atoms with E-state index >= 15 is 0 Å². The summed E-state index contributed by atoms with van der Waals surface area (Å²) in [6, 6.07) is 18.3. The molecule has 0 saturated carbocycles. The third-order valence-corrected chi connectivity index (χ3v) is 8.25. The Morgan fingerprint density at radius 1 is 1.06 bits per heavy atom. The molecule has 0 aliphatic rings. The molecule has 36 heavy (non-hydrogen) atoms. The van der Waals surface area contributed by atoms with Gasteiger partial charge in [0.15, 0.2) is 21.8 Å². The number of rotatable bonds is 7. The molecule has 0 spiro atoms. The van der Waals surface area contributed by atoms with Crippen LogP contribution in [0, 0.1) is 43.2 Å². The van der Waals surface area contributed by atoms with Crippen molar-refractivity contribution in [2.45, 2.75) is 33.3 Å². The summed E-state index contributed by atoms with van der Waals surface area (Å²) < 4.78 is 12.7. The summed E-state index contributed by atoms with van der Waals surface area (Å²) in [5, 5.41) is 14.5. The molecule has 0 bridgehead atoms. The van der Waals surface area contributed by atoms with E-state index in [1.54, 1.807) is 6.92 Å². The molecule has 1 heterocycles. The molecule has 7 heteroatoms. The van der Waals surface area contributed by atoms with Gasteiger partial charge in [-0.05, 0) is 63.1 Å². The quantitative estimate of drug-likeness (QED) is 0.0908. The number of carbonyl (C=O) groups is 1. The van der Waals surface area contributed by atoms with E-state index < -0.39 is 16.5 Å². The number of thiophene rings is 1. The first-order valence-electron chi connectivity index (χ1n) is 11.3. The lowest BCUT2D eigenvalue weighted by Crippen LogP contribution is -2.30. The third kappa shape index (κ3) is 4.81. The number of nitrogens with zero attached hydrogens (tertiary/aromatic N) is 1. The molecule has 0 radical (unpaired) electrons. The number of esters is 1. The summed E-state index contributed by atoms with van der Waals surface area (Å²) in [7, 11) is -0.151. The van der Waals surface area contributed by atoms with Crippen LogP contribution in [-0.4, -0.2) is 17.5 Å². The molecule has 0 fully saturated rings. The molecule has 6 nitrogen and oxygen atoms in total. The first kappa shape index (κ1) is 25.0. The van der Waals surface area contributed by atoms with Gasteiger partial charge in [-0.1, -0.05) is 18.1 Å². The van der Waals surface area contributed by atoms with Gasteiger partial charge in [0, 0.05) is 51.2 Å². The van der Waals surface area contributed by atoms with Crippen LogP contribution in [0.1, 0.15) is 29.2 Å². The lowest BCUT2D eigenvalue weighted by atomic mass is 9.96. The zero-order valence-electron chi connectivity index (χ0n) is 20.5. The molecule has 0 aliphatic heterocycles. The summed E-state index contributed by atoms with van der Waals surface area (Å²) in [4.78, 5) is 24.3. The van der Waals surface area contributed by atoms with Crippen LogP contribution in [-0.2, 0) is 15.1 Å². The van der Waals surface area contributed by atoms with Gasteiger partial charge in [0.25, 0.3) is 5.69 Å². The number of benzene rings is 3. The van der Waals surface area contributed by atoms with Crippen LogP contribution >= 0.6 is 10.5 Å². The van der Waals surface area contributed by atoms with Crippen LogP contribution in [0.15, 0.2) is 66.0 Å². The second-order valence-electron chi connectivity index (χ2n) is 8.77. The van der Waals surface area contributed by atoms with Crippen molar-refractivity contribution in [1.82, 2.24) is 0 Å². The summed E-state index contributed by atoms with van der Waals surface area (Å²) >= 11 is 0. The van der Waals surface area contributed by atoms with Crippen molar-refractivity contribution in [2.75, 3.05) is 6.61 Å². The Kier molecular flexibility index (Phi) is 6.82. The van der Waals surface area contributed by atoms with Crippen LogP contribution in [0.5, 0.6) is 5.75 Å². The monoisotopic (exact) mass is 500 g/mol. The number of fused-ring (bicyclic) bond motifs is 1. The van der Waals surface area contributed by atoms with Gasteiger partial charge in [-0.25, -0.2) is 4.79 Å². The SMILES string of the molecule is C#CC(C)(OC(=O)COc1c(C)cc(-[s+]2cc(C)c3ccccc32)cc1C)c1ccc([N+](=O)[O-])cc1. The number of terminal acetylenes is 1. The Hall–Kier alpha value is -4.15. The van der Waals surface area contributed by atoms with Crippen LogP contribution in [0.3, 0.4) is 0 Å². The van der Waals surface area contributed by atoms with Gasteiger partial charge in [0.1, 0.15) is 11.1 Å². The van der Waals surface area contributed by atoms with E-state index in [0.717, 1.165) is 11.1 Å². The number of ether oxygens (including phenoxy) is 2. The molecular weight excluding hydrogens is 474 g/mol. The Balaban J connectivity index is 1.50. The average molecular weight is 501 g/mol. The van der Waals surface area contributed by atoms with Crippen LogP contribution in [0.25, 0.3) is 15.0 Å². The normalized spacial score (nSPS) is 13.0. The van der Waals surface area contributed by atoms with Crippen molar-refractivity contribution in [3.8, 4) is 23.0 Å². The molecule has 182 valence electrons. The van der Waals surface area contributed by atoms with Gasteiger partial charge in [0.05, 0.1) is 4.92 Å². The highest BCUT2D eigenvalue weighted by atomic mass is 32.2. The number of nitro benzene ring substituents is 1. The average Bonchev–Trinajstić information content (AvgIpc) is 3.20. The molecule has 3 aromatic carbocycles. The molecule has 0 aliphatic carbocycles. The van der Waals surface area contributed by atoms with Crippen molar-refractivity contribution in [1.29, 1.82) is 0 Å². The Morgan fingerprint density at radius 3 is 2.31 bits per heavy atom. The van der Waals surface area contributed by atoms with Gasteiger partial charge in [0.2, 0.25) is 0 Å². The second kappa shape index (κ2) is 9.84. The van der Waals surface area contributed by atoms with Gasteiger partial charge in [-0.2, -0.15) is 0 Å². The number of nitro groups is 1. The van der Waals surface area contributed by atoms with E-state index in [4.69, 9.17) is 15.9 Å². The fraction of sp³-hybridized carbons (Fsp3) is 0.207. The highest BCUT2D eigenvalue weighted by Gasteiger charge is 2.30. The van der Waals surface area contributed by atoms with Crippen LogP contribution in [0.4, 0.5) is 5.69 Å². The number of hydrogen-bond acceptors (Lipinski definition) is 5. The molecule has 4 rings (SSSR count). The molecule has 4 aromatic rings. The molecule has 1 aromatic heterocycles. The fourth-order valence-corrected chi connectivity index (χ4v) is 6.51. The van der Waals surface area contributed by atoms with Crippen molar-refractivity contribution in [3.05, 3.63) is 98.4 Å². The molecular formula is C29H26NO5S+. The maximum Gasteiger partial charge on any atom is 0.345 e. The maximum atomic E-state index is 12.7. The van der Waals surface area contributed by atoms with Gasteiger partial charge < -0.3 is 9.47 Å². The lowest BCUT2D eigenvalue weighted by molar-refractivity contribution is -0.384. The maximum absolute atomic E-state index is 12.7. The number of aryl methyl sites for hydroxylation is 3. The minimum atomic E-state index is -1.38. The van der Waals surface area contributed by atoms with E-state index in [0.29, 0.717) is 11.3 Å². The molecule has 0 saturated heterocycles.